The summed E-state index contributed by atoms with van der Waals surface area (Å²) in [5, 5.41) is 1.73. The van der Waals surface area contributed by atoms with Crippen LogP contribution in [0.15, 0.2) is 30.3 Å². The van der Waals surface area contributed by atoms with Crippen LogP contribution in [-0.2, 0) is 0 Å². The van der Waals surface area contributed by atoms with Crippen molar-refractivity contribution in [3.05, 3.63) is 41.0 Å². The Kier molecular flexibility index (Phi) is 3.17. The maximum atomic E-state index is 5.88. The third-order valence-electron chi connectivity index (χ3n) is 1.85. The van der Waals surface area contributed by atoms with E-state index in [1.807, 2.05) is 37.3 Å². The maximum absolute atomic E-state index is 5.88. The molecular weight excluding hydrogens is 202 g/mol. The summed E-state index contributed by atoms with van der Waals surface area (Å²) in [6.45, 7) is 1.96. The topological polar surface area (TPSA) is 12.9 Å². The molecule has 0 unspecified atom stereocenters. The van der Waals surface area contributed by atoms with E-state index in [9.17, 15) is 0 Å². The predicted molar refractivity (Wildman–Crippen MR) is 61.9 cm³/mol. The van der Waals surface area contributed by atoms with Crippen molar-refractivity contribution < 1.29 is 0 Å². The highest BCUT2D eigenvalue weighted by molar-refractivity contribution is 7.59. The second-order valence-corrected chi connectivity index (χ2v) is 3.15. The van der Waals surface area contributed by atoms with Gasteiger partial charge in [0.15, 0.2) is 0 Å². The fourth-order valence-corrected chi connectivity index (χ4v) is 1.34. The Balaban J connectivity index is 0.000000845. The van der Waals surface area contributed by atoms with Gasteiger partial charge >= 0.3 is 0 Å². The molecule has 2 rings (SSSR count). The molecular formula is C10H10ClNS. The highest BCUT2D eigenvalue weighted by Crippen LogP contribution is 2.18. The molecule has 3 heteroatoms. The minimum Gasteiger partial charge on any atom is -0.236 e. The van der Waals surface area contributed by atoms with Gasteiger partial charge in [-0.25, -0.2) is 4.98 Å². The van der Waals surface area contributed by atoms with Gasteiger partial charge in [-0.2, -0.15) is 13.5 Å². The molecule has 0 aliphatic heterocycles. The van der Waals surface area contributed by atoms with Gasteiger partial charge in [0, 0.05) is 5.39 Å². The molecule has 68 valence electrons. The van der Waals surface area contributed by atoms with Gasteiger partial charge in [-0.1, -0.05) is 29.8 Å². The van der Waals surface area contributed by atoms with E-state index in [1.165, 1.54) is 0 Å². The van der Waals surface area contributed by atoms with Gasteiger partial charge in [-0.15, -0.1) is 0 Å². The van der Waals surface area contributed by atoms with Crippen LogP contribution in [0.3, 0.4) is 0 Å². The lowest BCUT2D eigenvalue weighted by atomic mass is 10.2. The standard InChI is InChI=1S/C10H8ClN.H2S/c1-7-6-8-4-2-3-5-9(8)12-10(7)11;/h2-6H,1H3;1H2. The summed E-state index contributed by atoms with van der Waals surface area (Å²) in [5.74, 6) is 0. The first kappa shape index (κ1) is 10.4. The van der Waals surface area contributed by atoms with E-state index in [0.29, 0.717) is 5.15 Å². The van der Waals surface area contributed by atoms with Crippen molar-refractivity contribution >= 4 is 36.0 Å². The summed E-state index contributed by atoms with van der Waals surface area (Å²) < 4.78 is 0. The number of halogens is 1. The van der Waals surface area contributed by atoms with E-state index in [2.05, 4.69) is 4.98 Å². The maximum Gasteiger partial charge on any atom is 0.132 e. The lowest BCUT2D eigenvalue weighted by Crippen LogP contribution is -1.82. The summed E-state index contributed by atoms with van der Waals surface area (Å²) in [6, 6.07) is 10.00. The Bertz CT molecular complexity index is 388. The molecule has 1 heterocycles. The highest BCUT2D eigenvalue weighted by Gasteiger charge is 1.98. The number of para-hydroxylation sites is 1. The van der Waals surface area contributed by atoms with E-state index in [0.717, 1.165) is 16.5 Å². The summed E-state index contributed by atoms with van der Waals surface area (Å²) in [5.41, 5.74) is 1.98. The zero-order chi connectivity index (χ0) is 8.55. The first-order valence-corrected chi connectivity index (χ1v) is 4.17. The van der Waals surface area contributed by atoms with Crippen molar-refractivity contribution in [2.75, 3.05) is 0 Å². The number of hydrogen-bond donors (Lipinski definition) is 0. The van der Waals surface area contributed by atoms with Crippen LogP contribution in [0.5, 0.6) is 0 Å². The van der Waals surface area contributed by atoms with Crippen molar-refractivity contribution in [2.24, 2.45) is 0 Å². The SMILES string of the molecule is Cc1cc2ccccc2nc1Cl.S. The Morgan fingerprint density at radius 1 is 1.23 bits per heavy atom. The van der Waals surface area contributed by atoms with Crippen LogP contribution in [0, 0.1) is 6.92 Å². The van der Waals surface area contributed by atoms with E-state index < -0.39 is 0 Å². The number of aryl methyl sites for hydroxylation is 1. The second-order valence-electron chi connectivity index (χ2n) is 2.79. The Labute approximate surface area is 89.2 Å². The highest BCUT2D eigenvalue weighted by atomic mass is 35.5. The van der Waals surface area contributed by atoms with E-state index >= 15 is 0 Å². The molecule has 0 bridgehead atoms. The van der Waals surface area contributed by atoms with E-state index in [1.54, 1.807) is 0 Å². The molecule has 0 spiro atoms. The van der Waals surface area contributed by atoms with Crippen molar-refractivity contribution in [1.29, 1.82) is 0 Å². The van der Waals surface area contributed by atoms with E-state index in [4.69, 9.17) is 11.6 Å². The normalized spacial score (nSPS) is 9.69. The predicted octanol–water partition coefficient (Wildman–Crippen LogP) is 3.31. The molecule has 2 aromatic rings. The molecule has 0 saturated heterocycles. The number of nitrogens with zero attached hydrogens (tertiary/aromatic N) is 1. The number of pyridine rings is 1. The largest absolute Gasteiger partial charge is 0.236 e. The van der Waals surface area contributed by atoms with Gasteiger partial charge in [0.2, 0.25) is 0 Å². The zero-order valence-electron chi connectivity index (χ0n) is 7.21. The third-order valence-corrected chi connectivity index (χ3v) is 2.24. The number of hydrogen-bond acceptors (Lipinski definition) is 1. The quantitative estimate of drug-likeness (QED) is 0.610. The molecule has 1 aromatic heterocycles. The Morgan fingerprint density at radius 2 is 1.92 bits per heavy atom. The molecule has 13 heavy (non-hydrogen) atoms. The van der Waals surface area contributed by atoms with Gasteiger partial charge in [0.25, 0.3) is 0 Å². The summed E-state index contributed by atoms with van der Waals surface area (Å²) in [6.07, 6.45) is 0. The van der Waals surface area contributed by atoms with Gasteiger partial charge in [0.1, 0.15) is 5.15 Å². The van der Waals surface area contributed by atoms with Crippen LogP contribution in [0.4, 0.5) is 0 Å². The van der Waals surface area contributed by atoms with Gasteiger partial charge in [0.05, 0.1) is 5.52 Å². The Morgan fingerprint density at radius 3 is 2.69 bits per heavy atom. The first-order valence-electron chi connectivity index (χ1n) is 3.79. The fraction of sp³-hybridized carbons (Fsp3) is 0.100. The number of aromatic nitrogens is 1. The fourth-order valence-electron chi connectivity index (χ4n) is 1.20. The number of benzene rings is 1. The van der Waals surface area contributed by atoms with Crippen molar-refractivity contribution in [3.8, 4) is 0 Å². The molecule has 1 aromatic carbocycles. The minimum atomic E-state index is 0. The first-order chi connectivity index (χ1) is 5.77. The van der Waals surface area contributed by atoms with Crippen LogP contribution in [0.25, 0.3) is 10.9 Å². The molecule has 0 saturated carbocycles. The van der Waals surface area contributed by atoms with E-state index in [-0.39, 0.29) is 13.5 Å². The molecule has 0 amide bonds. The number of rotatable bonds is 0. The molecule has 0 aliphatic carbocycles. The van der Waals surface area contributed by atoms with Crippen LogP contribution in [-0.4, -0.2) is 4.98 Å². The molecule has 0 radical (unpaired) electrons. The second kappa shape index (κ2) is 3.99. The zero-order valence-corrected chi connectivity index (χ0v) is 8.97. The Hall–Kier alpha value is -0.730. The summed E-state index contributed by atoms with van der Waals surface area (Å²) in [7, 11) is 0. The van der Waals surface area contributed by atoms with Crippen LogP contribution in [0.2, 0.25) is 5.15 Å². The average Bonchev–Trinajstić information content (AvgIpc) is 2.07. The van der Waals surface area contributed by atoms with Gasteiger partial charge < -0.3 is 0 Å². The minimum absolute atomic E-state index is 0. The molecule has 0 atom stereocenters. The number of fused-ring (bicyclic) bond motifs is 1. The van der Waals surface area contributed by atoms with Gasteiger partial charge in [-0.3, -0.25) is 0 Å². The molecule has 0 N–H and O–H groups in total. The lowest BCUT2D eigenvalue weighted by molar-refractivity contribution is 1.33. The lowest BCUT2D eigenvalue weighted by Gasteiger charge is -1.99. The molecule has 0 aliphatic rings. The van der Waals surface area contributed by atoms with Crippen LogP contribution >= 0.6 is 25.1 Å². The monoisotopic (exact) mass is 211 g/mol. The van der Waals surface area contributed by atoms with Crippen molar-refractivity contribution in [2.45, 2.75) is 6.92 Å². The van der Waals surface area contributed by atoms with Crippen molar-refractivity contribution in [3.63, 3.8) is 0 Å². The van der Waals surface area contributed by atoms with Crippen LogP contribution < -0.4 is 0 Å². The average molecular weight is 212 g/mol. The summed E-state index contributed by atoms with van der Waals surface area (Å²) >= 11 is 5.88. The molecule has 1 nitrogen and oxygen atoms in total. The molecule has 0 fully saturated rings. The van der Waals surface area contributed by atoms with Gasteiger partial charge in [-0.05, 0) is 24.6 Å². The van der Waals surface area contributed by atoms with Crippen LogP contribution in [0.1, 0.15) is 5.56 Å². The smallest absolute Gasteiger partial charge is 0.132 e. The third kappa shape index (κ3) is 1.95. The van der Waals surface area contributed by atoms with Crippen molar-refractivity contribution in [1.82, 2.24) is 4.98 Å². The summed E-state index contributed by atoms with van der Waals surface area (Å²) in [4.78, 5) is 4.24.